The maximum Gasteiger partial charge on any atom is 0.233 e. The fraction of sp³-hybridized carbons (Fsp3) is 0.478. The molecule has 0 saturated carbocycles. The average molecular weight is 425 g/mol. The summed E-state index contributed by atoms with van der Waals surface area (Å²) < 4.78 is 10.3. The first-order chi connectivity index (χ1) is 15.0. The van der Waals surface area contributed by atoms with E-state index in [1.165, 1.54) is 0 Å². The number of carbonyl (C=O) groups excluding carboxylic acids is 2. The van der Waals surface area contributed by atoms with Crippen LogP contribution >= 0.6 is 0 Å². The minimum Gasteiger partial charge on any atom is -0.497 e. The number of methoxy groups -OCH3 is 2. The Balaban J connectivity index is 1.61. The van der Waals surface area contributed by atoms with Crippen LogP contribution in [0.2, 0.25) is 0 Å². The van der Waals surface area contributed by atoms with Gasteiger partial charge in [0.25, 0.3) is 0 Å². The van der Waals surface area contributed by atoms with Gasteiger partial charge in [-0.05, 0) is 37.5 Å². The van der Waals surface area contributed by atoms with Crippen molar-refractivity contribution >= 4 is 17.6 Å². The molecule has 2 aromatic rings. The Hall–Kier alpha value is -3.00. The molecule has 2 amide bonds. The van der Waals surface area contributed by atoms with Crippen LogP contribution in [-0.2, 0) is 27.3 Å². The quantitative estimate of drug-likeness (QED) is 0.679. The lowest BCUT2D eigenvalue weighted by molar-refractivity contribution is -0.133. The SMILES string of the molecule is COCCC(=O)N1CCC[C@H]1c1nc(C)c2c(n1)N(Cc1ccc(OC)cc1)C(=O)C2. The topological polar surface area (TPSA) is 84.9 Å². The first-order valence-corrected chi connectivity index (χ1v) is 10.6. The smallest absolute Gasteiger partial charge is 0.233 e. The number of anilines is 1. The lowest BCUT2D eigenvalue weighted by Crippen LogP contribution is -2.32. The maximum absolute atomic E-state index is 12.8. The van der Waals surface area contributed by atoms with Gasteiger partial charge in [-0.25, -0.2) is 9.97 Å². The molecule has 31 heavy (non-hydrogen) atoms. The molecule has 0 spiro atoms. The van der Waals surface area contributed by atoms with Crippen molar-refractivity contribution in [3.8, 4) is 5.75 Å². The normalized spacial score (nSPS) is 17.9. The van der Waals surface area contributed by atoms with Crippen LogP contribution in [0.5, 0.6) is 5.75 Å². The van der Waals surface area contributed by atoms with Crippen molar-refractivity contribution in [1.29, 1.82) is 0 Å². The summed E-state index contributed by atoms with van der Waals surface area (Å²) >= 11 is 0. The zero-order chi connectivity index (χ0) is 22.0. The second kappa shape index (κ2) is 9.01. The Morgan fingerprint density at radius 3 is 2.68 bits per heavy atom. The Morgan fingerprint density at radius 2 is 1.97 bits per heavy atom. The van der Waals surface area contributed by atoms with Gasteiger partial charge in [0.05, 0.1) is 39.1 Å². The van der Waals surface area contributed by atoms with Gasteiger partial charge in [-0.3, -0.25) is 14.5 Å². The fourth-order valence-electron chi connectivity index (χ4n) is 4.29. The molecule has 1 aromatic carbocycles. The number of likely N-dealkylation sites (tertiary alicyclic amines) is 1. The van der Waals surface area contributed by atoms with E-state index in [-0.39, 0.29) is 17.9 Å². The molecule has 4 rings (SSSR count). The van der Waals surface area contributed by atoms with Crippen LogP contribution in [0.1, 0.15) is 47.9 Å². The van der Waals surface area contributed by atoms with Crippen LogP contribution in [0.3, 0.4) is 0 Å². The Morgan fingerprint density at radius 1 is 1.19 bits per heavy atom. The lowest BCUT2D eigenvalue weighted by atomic mass is 10.1. The van der Waals surface area contributed by atoms with Crippen molar-refractivity contribution < 1.29 is 19.1 Å². The minimum absolute atomic E-state index is 0.0137. The lowest BCUT2D eigenvalue weighted by Gasteiger charge is -2.25. The molecule has 1 aromatic heterocycles. The molecule has 0 aliphatic carbocycles. The van der Waals surface area contributed by atoms with E-state index in [1.807, 2.05) is 36.1 Å². The zero-order valence-electron chi connectivity index (χ0n) is 18.3. The van der Waals surface area contributed by atoms with Gasteiger partial charge in [0, 0.05) is 24.9 Å². The van der Waals surface area contributed by atoms with Crippen LogP contribution in [0.15, 0.2) is 24.3 Å². The second-order valence-corrected chi connectivity index (χ2v) is 7.96. The van der Waals surface area contributed by atoms with Crippen LogP contribution in [0, 0.1) is 6.92 Å². The van der Waals surface area contributed by atoms with Gasteiger partial charge in [-0.1, -0.05) is 12.1 Å². The number of nitrogens with zero attached hydrogens (tertiary/aromatic N) is 4. The molecule has 8 nitrogen and oxygen atoms in total. The second-order valence-electron chi connectivity index (χ2n) is 7.96. The molecule has 2 aliphatic rings. The molecule has 1 atom stereocenters. The monoisotopic (exact) mass is 424 g/mol. The number of amides is 2. The number of ether oxygens (including phenoxy) is 2. The van der Waals surface area contributed by atoms with Gasteiger partial charge in [0.2, 0.25) is 11.8 Å². The maximum atomic E-state index is 12.8. The fourth-order valence-corrected chi connectivity index (χ4v) is 4.29. The Labute approximate surface area is 182 Å². The van der Waals surface area contributed by atoms with Crippen LogP contribution < -0.4 is 9.64 Å². The van der Waals surface area contributed by atoms with E-state index < -0.39 is 0 Å². The van der Waals surface area contributed by atoms with E-state index in [0.717, 1.165) is 35.4 Å². The summed E-state index contributed by atoms with van der Waals surface area (Å²) in [5, 5.41) is 0. The summed E-state index contributed by atoms with van der Waals surface area (Å²) in [5.74, 6) is 2.13. The largest absolute Gasteiger partial charge is 0.497 e. The highest BCUT2D eigenvalue weighted by Crippen LogP contribution is 2.35. The molecule has 1 fully saturated rings. The summed E-state index contributed by atoms with van der Waals surface area (Å²) in [6.45, 7) is 3.45. The van der Waals surface area contributed by atoms with E-state index in [2.05, 4.69) is 0 Å². The molecule has 0 N–H and O–H groups in total. The molecule has 3 heterocycles. The standard InChI is InChI=1S/C23H28N4O4/c1-15-18-13-21(29)27(14-16-6-8-17(31-3)9-7-16)23(18)25-22(24-15)19-5-4-11-26(19)20(28)10-12-30-2/h6-9,19H,4-5,10-14H2,1-3H3/t19-/m0/s1. The zero-order valence-corrected chi connectivity index (χ0v) is 18.3. The van der Waals surface area contributed by atoms with Crippen LogP contribution in [0.4, 0.5) is 5.82 Å². The van der Waals surface area contributed by atoms with Crippen molar-refractivity contribution in [2.45, 2.75) is 45.2 Å². The van der Waals surface area contributed by atoms with Crippen molar-refractivity contribution in [1.82, 2.24) is 14.9 Å². The van der Waals surface area contributed by atoms with Crippen LogP contribution in [0.25, 0.3) is 0 Å². The van der Waals surface area contributed by atoms with Gasteiger partial charge in [-0.2, -0.15) is 0 Å². The molecule has 2 aliphatic heterocycles. The number of rotatable bonds is 7. The molecule has 164 valence electrons. The highest BCUT2D eigenvalue weighted by Gasteiger charge is 2.36. The molecule has 0 bridgehead atoms. The summed E-state index contributed by atoms with van der Waals surface area (Å²) in [5.41, 5.74) is 2.68. The number of fused-ring (bicyclic) bond motifs is 1. The molecule has 0 radical (unpaired) electrons. The van der Waals surface area contributed by atoms with Gasteiger partial charge in [-0.15, -0.1) is 0 Å². The molecule has 1 saturated heterocycles. The third kappa shape index (κ3) is 4.25. The minimum atomic E-state index is -0.160. The highest BCUT2D eigenvalue weighted by atomic mass is 16.5. The van der Waals surface area contributed by atoms with Gasteiger partial charge < -0.3 is 14.4 Å². The first-order valence-electron chi connectivity index (χ1n) is 10.6. The van der Waals surface area contributed by atoms with Gasteiger partial charge in [0.15, 0.2) is 5.82 Å². The first kappa shape index (κ1) is 21.2. The van der Waals surface area contributed by atoms with Crippen molar-refractivity contribution in [2.75, 3.05) is 32.3 Å². The van der Waals surface area contributed by atoms with E-state index in [0.29, 0.717) is 44.2 Å². The summed E-state index contributed by atoms with van der Waals surface area (Å²) in [6, 6.07) is 7.51. The number of aryl methyl sites for hydroxylation is 1. The van der Waals surface area contributed by atoms with Crippen molar-refractivity contribution in [3.05, 3.63) is 46.9 Å². The average Bonchev–Trinajstić information content (AvgIpc) is 3.38. The Kier molecular flexibility index (Phi) is 6.18. The number of hydrogen-bond acceptors (Lipinski definition) is 6. The van der Waals surface area contributed by atoms with Gasteiger partial charge in [0.1, 0.15) is 11.6 Å². The van der Waals surface area contributed by atoms with E-state index >= 15 is 0 Å². The predicted octanol–water partition coefficient (Wildman–Crippen LogP) is 2.58. The molecule has 8 heteroatoms. The molecular formula is C23H28N4O4. The number of aromatic nitrogens is 2. The third-order valence-corrected chi connectivity index (χ3v) is 5.99. The summed E-state index contributed by atoms with van der Waals surface area (Å²) in [7, 11) is 3.22. The third-order valence-electron chi connectivity index (χ3n) is 5.99. The summed E-state index contributed by atoms with van der Waals surface area (Å²) in [4.78, 5) is 38.5. The molecular weight excluding hydrogens is 396 g/mol. The van der Waals surface area contributed by atoms with Gasteiger partial charge >= 0.3 is 0 Å². The number of benzene rings is 1. The van der Waals surface area contributed by atoms with E-state index in [4.69, 9.17) is 19.4 Å². The predicted molar refractivity (Wildman–Crippen MR) is 115 cm³/mol. The van der Waals surface area contributed by atoms with E-state index in [9.17, 15) is 9.59 Å². The number of hydrogen-bond donors (Lipinski definition) is 0. The van der Waals surface area contributed by atoms with Crippen molar-refractivity contribution in [2.24, 2.45) is 0 Å². The van der Waals surface area contributed by atoms with E-state index in [1.54, 1.807) is 19.1 Å². The number of carbonyl (C=O) groups is 2. The highest BCUT2D eigenvalue weighted by molar-refractivity contribution is 6.00. The van der Waals surface area contributed by atoms with Crippen molar-refractivity contribution in [3.63, 3.8) is 0 Å². The van der Waals surface area contributed by atoms with Crippen LogP contribution in [-0.4, -0.2) is 54.1 Å². The molecule has 0 unspecified atom stereocenters. The Bertz CT molecular complexity index is 976. The summed E-state index contributed by atoms with van der Waals surface area (Å²) in [6.07, 6.45) is 2.39.